The largest absolute Gasteiger partial charge is 0.477 e. The number of rotatable bonds is 3. The van der Waals surface area contributed by atoms with Crippen molar-refractivity contribution in [3.8, 4) is 5.88 Å². The average Bonchev–Trinajstić information content (AvgIpc) is 3.36. The molecular weight excluding hydrogens is 404 g/mol. The number of nitrogens with one attached hydrogen (secondary N) is 1. The van der Waals surface area contributed by atoms with Crippen LogP contribution in [0.3, 0.4) is 0 Å². The van der Waals surface area contributed by atoms with Crippen molar-refractivity contribution >= 4 is 21.6 Å². The summed E-state index contributed by atoms with van der Waals surface area (Å²) in [5, 5.41) is 13.1. The van der Waals surface area contributed by atoms with Gasteiger partial charge in [0.25, 0.3) is 0 Å². The van der Waals surface area contributed by atoms with Crippen molar-refractivity contribution in [1.82, 2.24) is 14.8 Å². The standard InChI is InChI=1S/C20H26N6O3S/c1-12-17(13-7-8-13)23-15-6-4-5-14(15)18(12)24-20(27)25-30(21,28)16-11-22-26-9-2-3-10-29-19(16)26/h11,13H,2-10H2,1H3,(H3,21,23,24,25,27,28). The van der Waals surface area contributed by atoms with E-state index in [1.807, 2.05) is 6.92 Å². The van der Waals surface area contributed by atoms with Gasteiger partial charge in [0.05, 0.1) is 18.5 Å². The predicted molar refractivity (Wildman–Crippen MR) is 112 cm³/mol. The van der Waals surface area contributed by atoms with Gasteiger partial charge in [-0.3, -0.25) is 4.98 Å². The van der Waals surface area contributed by atoms with Gasteiger partial charge >= 0.3 is 6.03 Å². The van der Waals surface area contributed by atoms with Crippen molar-refractivity contribution in [3.05, 3.63) is 28.7 Å². The second kappa shape index (κ2) is 7.35. The second-order valence-corrected chi connectivity index (χ2v) is 9.99. The molecule has 3 N–H and O–H groups in total. The molecule has 5 rings (SSSR count). The van der Waals surface area contributed by atoms with Crippen LogP contribution in [-0.2, 0) is 29.3 Å². The van der Waals surface area contributed by atoms with Crippen molar-refractivity contribution < 1.29 is 13.7 Å². The van der Waals surface area contributed by atoms with Crippen LogP contribution >= 0.6 is 0 Å². The molecule has 2 amide bonds. The molecule has 0 saturated heterocycles. The first kappa shape index (κ1) is 19.5. The van der Waals surface area contributed by atoms with Crippen LogP contribution in [0.2, 0.25) is 0 Å². The smallest absolute Gasteiger partial charge is 0.354 e. The van der Waals surface area contributed by atoms with Crippen LogP contribution in [0.1, 0.15) is 60.5 Å². The summed E-state index contributed by atoms with van der Waals surface area (Å²) in [5.41, 5.74) is 4.92. The Labute approximate surface area is 175 Å². The third-order valence-electron chi connectivity index (χ3n) is 6.00. The van der Waals surface area contributed by atoms with Gasteiger partial charge in [0.2, 0.25) is 5.88 Å². The summed E-state index contributed by atoms with van der Waals surface area (Å²) in [5.74, 6) is 0.816. The minimum absolute atomic E-state index is 0.162. The maximum Gasteiger partial charge on any atom is 0.354 e. The Kier molecular flexibility index (Phi) is 4.78. The number of anilines is 1. The van der Waals surface area contributed by atoms with Gasteiger partial charge in [0.15, 0.2) is 9.92 Å². The number of pyridine rings is 1. The molecule has 2 aromatic heterocycles. The molecule has 2 aromatic rings. The molecule has 1 saturated carbocycles. The summed E-state index contributed by atoms with van der Waals surface area (Å²) in [6.45, 7) is 3.14. The van der Waals surface area contributed by atoms with Crippen LogP contribution in [0.5, 0.6) is 5.88 Å². The van der Waals surface area contributed by atoms with Gasteiger partial charge in [0.1, 0.15) is 4.90 Å². The normalized spacial score (nSPS) is 19.8. The summed E-state index contributed by atoms with van der Waals surface area (Å²) in [6.07, 6.45) is 8.25. The molecule has 9 nitrogen and oxygen atoms in total. The molecule has 0 radical (unpaired) electrons. The Bertz CT molecular complexity index is 1140. The highest BCUT2D eigenvalue weighted by molar-refractivity contribution is 7.91. The summed E-state index contributed by atoms with van der Waals surface area (Å²) in [7, 11) is -3.50. The minimum atomic E-state index is -3.50. The number of nitrogens with two attached hydrogens (primary N) is 1. The van der Waals surface area contributed by atoms with Gasteiger partial charge in [-0.15, -0.1) is 4.36 Å². The predicted octanol–water partition coefficient (Wildman–Crippen LogP) is 3.06. The zero-order chi connectivity index (χ0) is 20.9. The molecule has 0 bridgehead atoms. The van der Waals surface area contributed by atoms with Gasteiger partial charge < -0.3 is 10.1 Å². The lowest BCUT2D eigenvalue weighted by Crippen LogP contribution is -2.19. The number of aromatic nitrogens is 3. The quantitative estimate of drug-likeness (QED) is 0.774. The number of aryl methyl sites for hydroxylation is 2. The van der Waals surface area contributed by atoms with Gasteiger partial charge in [-0.05, 0) is 63.0 Å². The molecule has 3 aliphatic rings. The number of urea groups is 1. The van der Waals surface area contributed by atoms with E-state index >= 15 is 0 Å². The molecule has 1 atom stereocenters. The Hall–Kier alpha value is -2.46. The fourth-order valence-electron chi connectivity index (χ4n) is 4.32. The first-order chi connectivity index (χ1) is 14.4. The van der Waals surface area contributed by atoms with Crippen molar-refractivity contribution in [1.29, 1.82) is 0 Å². The molecule has 0 aromatic carbocycles. The summed E-state index contributed by atoms with van der Waals surface area (Å²) in [4.78, 5) is 17.8. The number of hydrogen-bond donors (Lipinski definition) is 2. The number of fused-ring (bicyclic) bond motifs is 2. The number of carbonyl (C=O) groups is 1. The molecule has 30 heavy (non-hydrogen) atoms. The third kappa shape index (κ3) is 3.47. The topological polar surface area (TPSA) is 124 Å². The fourth-order valence-corrected chi connectivity index (χ4v) is 5.33. The molecule has 0 spiro atoms. The van der Waals surface area contributed by atoms with Gasteiger partial charge in [-0.1, -0.05) is 0 Å². The number of carbonyl (C=O) groups excluding carboxylic acids is 1. The first-order valence-corrected chi connectivity index (χ1v) is 12.1. The highest BCUT2D eigenvalue weighted by atomic mass is 32.2. The monoisotopic (exact) mass is 430 g/mol. The number of hydrogen-bond acceptors (Lipinski definition) is 5. The van der Waals surface area contributed by atoms with Crippen LogP contribution in [0.4, 0.5) is 10.5 Å². The molecule has 1 unspecified atom stereocenters. The number of nitrogens with zero attached hydrogens (tertiary/aromatic N) is 4. The molecule has 10 heteroatoms. The van der Waals surface area contributed by atoms with Crippen molar-refractivity contribution in [2.45, 2.75) is 69.2 Å². The maximum atomic E-state index is 13.1. The fraction of sp³-hybridized carbons (Fsp3) is 0.550. The molecule has 1 fully saturated rings. The Morgan fingerprint density at radius 2 is 2.17 bits per heavy atom. The number of amides is 2. The third-order valence-corrected chi connectivity index (χ3v) is 7.34. The Morgan fingerprint density at radius 1 is 1.33 bits per heavy atom. The van der Waals surface area contributed by atoms with Gasteiger partial charge in [-0.25, -0.2) is 18.8 Å². The minimum Gasteiger partial charge on any atom is -0.477 e. The second-order valence-electron chi connectivity index (χ2n) is 8.23. The Morgan fingerprint density at radius 3 is 2.97 bits per heavy atom. The first-order valence-electron chi connectivity index (χ1n) is 10.5. The van der Waals surface area contributed by atoms with E-state index in [0.29, 0.717) is 24.9 Å². The summed E-state index contributed by atoms with van der Waals surface area (Å²) in [6, 6.07) is -0.721. The Balaban J connectivity index is 1.47. The van der Waals surface area contributed by atoms with Crippen molar-refractivity contribution in [2.75, 3.05) is 11.9 Å². The molecule has 3 heterocycles. The molecular formula is C20H26N6O3S. The van der Waals surface area contributed by atoms with E-state index in [2.05, 4.69) is 14.8 Å². The molecule has 1 aliphatic heterocycles. The SMILES string of the molecule is Cc1c(C2CC2)nc2c(c1NC(=O)N=S(N)(=O)c1cnn3c1OCCCC3)CCC2. The molecule has 2 aliphatic carbocycles. The van der Waals surface area contributed by atoms with Crippen LogP contribution < -0.4 is 15.2 Å². The van der Waals surface area contributed by atoms with Crippen LogP contribution in [0.25, 0.3) is 0 Å². The zero-order valence-corrected chi connectivity index (χ0v) is 17.8. The van der Waals surface area contributed by atoms with E-state index in [1.165, 1.54) is 6.20 Å². The highest BCUT2D eigenvalue weighted by Gasteiger charge is 2.31. The van der Waals surface area contributed by atoms with Crippen LogP contribution in [-0.4, -0.2) is 31.6 Å². The van der Waals surface area contributed by atoms with E-state index in [4.69, 9.17) is 14.9 Å². The van der Waals surface area contributed by atoms with Crippen LogP contribution in [0, 0.1) is 6.92 Å². The van der Waals surface area contributed by atoms with E-state index in [-0.39, 0.29) is 4.90 Å². The molecule has 160 valence electrons. The lowest BCUT2D eigenvalue weighted by Gasteiger charge is -2.16. The van der Waals surface area contributed by atoms with Crippen molar-refractivity contribution in [3.63, 3.8) is 0 Å². The average molecular weight is 431 g/mol. The van der Waals surface area contributed by atoms with Crippen molar-refractivity contribution in [2.24, 2.45) is 9.50 Å². The van der Waals surface area contributed by atoms with E-state index < -0.39 is 15.9 Å². The maximum absolute atomic E-state index is 13.1. The van der Waals surface area contributed by atoms with E-state index in [0.717, 1.165) is 73.1 Å². The van der Waals surface area contributed by atoms with E-state index in [1.54, 1.807) is 4.68 Å². The highest BCUT2D eigenvalue weighted by Crippen LogP contribution is 2.44. The van der Waals surface area contributed by atoms with Crippen LogP contribution in [0.15, 0.2) is 15.5 Å². The summed E-state index contributed by atoms with van der Waals surface area (Å²) >= 11 is 0. The lowest BCUT2D eigenvalue weighted by atomic mass is 10.0. The summed E-state index contributed by atoms with van der Waals surface area (Å²) < 4.78 is 24.3. The van der Waals surface area contributed by atoms with Gasteiger partial charge in [-0.2, -0.15) is 5.10 Å². The van der Waals surface area contributed by atoms with Gasteiger partial charge in [0, 0.05) is 23.9 Å². The number of ether oxygens (including phenoxy) is 1. The lowest BCUT2D eigenvalue weighted by molar-refractivity contribution is 0.260. The van der Waals surface area contributed by atoms with E-state index in [9.17, 15) is 9.00 Å². The zero-order valence-electron chi connectivity index (χ0n) is 17.0.